The van der Waals surface area contributed by atoms with Gasteiger partial charge in [-0.3, -0.25) is 9.69 Å². The van der Waals surface area contributed by atoms with Gasteiger partial charge in [-0.25, -0.2) is 0 Å². The van der Waals surface area contributed by atoms with E-state index in [-0.39, 0.29) is 11.9 Å². The van der Waals surface area contributed by atoms with E-state index in [1.54, 1.807) is 0 Å². The number of benzene rings is 2. The van der Waals surface area contributed by atoms with Crippen molar-refractivity contribution >= 4 is 16.7 Å². The van der Waals surface area contributed by atoms with Crippen molar-refractivity contribution in [3.05, 3.63) is 48.0 Å². The molecule has 3 nitrogen and oxygen atoms in total. The van der Waals surface area contributed by atoms with Crippen molar-refractivity contribution in [3.63, 3.8) is 0 Å². The van der Waals surface area contributed by atoms with Crippen LogP contribution in [0.4, 0.5) is 0 Å². The summed E-state index contributed by atoms with van der Waals surface area (Å²) in [6, 6.07) is 14.7. The van der Waals surface area contributed by atoms with Gasteiger partial charge in [0.15, 0.2) is 0 Å². The quantitative estimate of drug-likeness (QED) is 0.906. The predicted molar refractivity (Wildman–Crippen MR) is 83.6 cm³/mol. The molecule has 20 heavy (non-hydrogen) atoms. The third-order valence-electron chi connectivity index (χ3n) is 3.64. The van der Waals surface area contributed by atoms with Crippen LogP contribution in [0.3, 0.4) is 0 Å². The summed E-state index contributed by atoms with van der Waals surface area (Å²) in [5.41, 5.74) is 1.22. The first-order valence-corrected chi connectivity index (χ1v) is 7.07. The van der Waals surface area contributed by atoms with E-state index in [0.29, 0.717) is 6.54 Å². The Bertz CT molecular complexity index is 594. The molecule has 0 unspecified atom stereocenters. The number of amides is 1. The third kappa shape index (κ3) is 3.36. The van der Waals surface area contributed by atoms with Crippen molar-refractivity contribution < 1.29 is 4.79 Å². The number of hydrogen-bond donors (Lipinski definition) is 1. The van der Waals surface area contributed by atoms with Gasteiger partial charge in [0.05, 0.1) is 6.04 Å². The van der Waals surface area contributed by atoms with E-state index < -0.39 is 0 Å². The zero-order chi connectivity index (χ0) is 14.5. The molecule has 0 aliphatic carbocycles. The summed E-state index contributed by atoms with van der Waals surface area (Å²) in [6.45, 7) is 5.32. The lowest BCUT2D eigenvalue weighted by Gasteiger charge is -2.23. The van der Waals surface area contributed by atoms with Crippen LogP contribution in [-0.2, 0) is 11.3 Å². The molecule has 106 valence electrons. The highest BCUT2D eigenvalue weighted by atomic mass is 16.2. The number of nitrogens with zero attached hydrogens (tertiary/aromatic N) is 1. The van der Waals surface area contributed by atoms with Gasteiger partial charge in [0.1, 0.15) is 0 Å². The van der Waals surface area contributed by atoms with Crippen LogP contribution in [-0.4, -0.2) is 30.4 Å². The molecule has 1 atom stereocenters. The lowest BCUT2D eigenvalue weighted by molar-refractivity contribution is -0.125. The second-order valence-corrected chi connectivity index (χ2v) is 5.17. The van der Waals surface area contributed by atoms with E-state index in [1.165, 1.54) is 16.3 Å². The number of nitrogens with one attached hydrogen (secondary N) is 1. The highest BCUT2D eigenvalue weighted by Gasteiger charge is 2.17. The van der Waals surface area contributed by atoms with E-state index in [1.807, 2.05) is 33.0 Å². The Labute approximate surface area is 120 Å². The fraction of sp³-hybridized carbons (Fsp3) is 0.353. The standard InChI is InChI=1S/C17H22N2O/c1-4-18-17(20)13(2)19(3)12-14-9-10-15-7-5-6-8-16(15)11-14/h5-11,13H,4,12H2,1-3H3,(H,18,20)/t13-/m1/s1. The summed E-state index contributed by atoms with van der Waals surface area (Å²) in [5.74, 6) is 0.0794. The monoisotopic (exact) mass is 270 g/mol. The summed E-state index contributed by atoms with van der Waals surface area (Å²) < 4.78 is 0. The molecule has 2 aromatic carbocycles. The largest absolute Gasteiger partial charge is 0.355 e. The molecule has 0 bridgehead atoms. The highest BCUT2D eigenvalue weighted by molar-refractivity contribution is 5.83. The Morgan fingerprint density at radius 1 is 1.20 bits per heavy atom. The third-order valence-corrected chi connectivity index (χ3v) is 3.64. The first-order valence-electron chi connectivity index (χ1n) is 7.07. The maximum absolute atomic E-state index is 11.8. The molecule has 0 radical (unpaired) electrons. The summed E-state index contributed by atoms with van der Waals surface area (Å²) in [4.78, 5) is 13.9. The SMILES string of the molecule is CCNC(=O)[C@@H](C)N(C)Cc1ccc2ccccc2c1. The van der Waals surface area contributed by atoms with E-state index >= 15 is 0 Å². The van der Waals surface area contributed by atoms with Crippen molar-refractivity contribution in [1.29, 1.82) is 0 Å². The molecule has 2 rings (SSSR count). The van der Waals surface area contributed by atoms with Crippen LogP contribution in [0.5, 0.6) is 0 Å². The average Bonchev–Trinajstić information content (AvgIpc) is 2.46. The number of rotatable bonds is 5. The van der Waals surface area contributed by atoms with E-state index in [2.05, 4.69) is 40.5 Å². The lowest BCUT2D eigenvalue weighted by Crippen LogP contribution is -2.42. The molecule has 0 aliphatic rings. The van der Waals surface area contributed by atoms with Gasteiger partial charge in [-0.1, -0.05) is 36.4 Å². The van der Waals surface area contributed by atoms with Crippen molar-refractivity contribution in [2.24, 2.45) is 0 Å². The van der Waals surface area contributed by atoms with Crippen LogP contribution in [0.2, 0.25) is 0 Å². The fourth-order valence-electron chi connectivity index (χ4n) is 2.28. The molecular weight excluding hydrogens is 248 g/mol. The second-order valence-electron chi connectivity index (χ2n) is 5.17. The second kappa shape index (κ2) is 6.53. The summed E-state index contributed by atoms with van der Waals surface area (Å²) in [5, 5.41) is 5.35. The van der Waals surface area contributed by atoms with Crippen LogP contribution in [0.25, 0.3) is 10.8 Å². The molecule has 1 N–H and O–H groups in total. The molecule has 0 aromatic heterocycles. The number of hydrogen-bond acceptors (Lipinski definition) is 2. The van der Waals surface area contributed by atoms with Crippen molar-refractivity contribution in [2.75, 3.05) is 13.6 Å². The number of likely N-dealkylation sites (N-methyl/N-ethyl adjacent to an activating group) is 2. The van der Waals surface area contributed by atoms with Crippen molar-refractivity contribution in [2.45, 2.75) is 26.4 Å². The van der Waals surface area contributed by atoms with E-state index in [9.17, 15) is 4.79 Å². The zero-order valence-electron chi connectivity index (χ0n) is 12.4. The topological polar surface area (TPSA) is 32.3 Å². The molecule has 0 spiro atoms. The zero-order valence-corrected chi connectivity index (χ0v) is 12.4. The van der Waals surface area contributed by atoms with Gasteiger partial charge in [-0.15, -0.1) is 0 Å². The Hall–Kier alpha value is -1.87. The van der Waals surface area contributed by atoms with Gasteiger partial charge in [-0.2, -0.15) is 0 Å². The number of fused-ring (bicyclic) bond motifs is 1. The molecule has 0 heterocycles. The molecule has 0 aliphatic heterocycles. The minimum absolute atomic E-state index is 0.0794. The predicted octanol–water partition coefficient (Wildman–Crippen LogP) is 2.80. The summed E-state index contributed by atoms with van der Waals surface area (Å²) >= 11 is 0. The fourth-order valence-corrected chi connectivity index (χ4v) is 2.28. The summed E-state index contributed by atoms with van der Waals surface area (Å²) in [6.07, 6.45) is 0. The Morgan fingerprint density at radius 2 is 1.90 bits per heavy atom. The molecule has 0 saturated carbocycles. The Balaban J connectivity index is 2.09. The summed E-state index contributed by atoms with van der Waals surface area (Å²) in [7, 11) is 1.98. The highest BCUT2D eigenvalue weighted by Crippen LogP contribution is 2.17. The maximum Gasteiger partial charge on any atom is 0.237 e. The maximum atomic E-state index is 11.8. The number of carbonyl (C=O) groups excluding carboxylic acids is 1. The molecule has 0 saturated heterocycles. The van der Waals surface area contributed by atoms with Crippen LogP contribution < -0.4 is 5.32 Å². The smallest absolute Gasteiger partial charge is 0.237 e. The minimum Gasteiger partial charge on any atom is -0.355 e. The Kier molecular flexibility index (Phi) is 4.74. The average molecular weight is 270 g/mol. The van der Waals surface area contributed by atoms with Crippen molar-refractivity contribution in [3.8, 4) is 0 Å². The van der Waals surface area contributed by atoms with Gasteiger partial charge >= 0.3 is 0 Å². The van der Waals surface area contributed by atoms with Gasteiger partial charge in [0, 0.05) is 13.1 Å². The first-order chi connectivity index (χ1) is 9.61. The van der Waals surface area contributed by atoms with Gasteiger partial charge in [0.25, 0.3) is 0 Å². The van der Waals surface area contributed by atoms with Crippen molar-refractivity contribution in [1.82, 2.24) is 10.2 Å². The molecule has 2 aromatic rings. The molecular formula is C17H22N2O. The normalized spacial score (nSPS) is 12.6. The molecule has 3 heteroatoms. The molecule has 1 amide bonds. The van der Waals surface area contributed by atoms with E-state index in [4.69, 9.17) is 0 Å². The minimum atomic E-state index is -0.124. The molecule has 0 fully saturated rings. The van der Waals surface area contributed by atoms with Gasteiger partial charge < -0.3 is 5.32 Å². The van der Waals surface area contributed by atoms with E-state index in [0.717, 1.165) is 6.54 Å². The Morgan fingerprint density at radius 3 is 2.60 bits per heavy atom. The number of carbonyl (C=O) groups is 1. The van der Waals surface area contributed by atoms with Crippen LogP contribution >= 0.6 is 0 Å². The van der Waals surface area contributed by atoms with Gasteiger partial charge in [-0.05, 0) is 43.3 Å². The van der Waals surface area contributed by atoms with Gasteiger partial charge in [0.2, 0.25) is 5.91 Å². The first kappa shape index (κ1) is 14.5. The van der Waals surface area contributed by atoms with Crippen LogP contribution in [0, 0.1) is 0 Å². The lowest BCUT2D eigenvalue weighted by atomic mass is 10.1. The van der Waals surface area contributed by atoms with Crippen LogP contribution in [0.1, 0.15) is 19.4 Å². The van der Waals surface area contributed by atoms with Crippen LogP contribution in [0.15, 0.2) is 42.5 Å².